The minimum Gasteiger partial charge on any atom is -0.508 e. The normalized spacial score (nSPS) is 11.3. The third-order valence-corrected chi connectivity index (χ3v) is 5.02. The fourth-order valence-electron chi connectivity index (χ4n) is 3.72. The predicted molar refractivity (Wildman–Crippen MR) is 111 cm³/mol. The highest BCUT2D eigenvalue weighted by Crippen LogP contribution is 2.35. The van der Waals surface area contributed by atoms with Crippen molar-refractivity contribution in [3.63, 3.8) is 0 Å². The van der Waals surface area contributed by atoms with E-state index in [4.69, 9.17) is 5.73 Å². The largest absolute Gasteiger partial charge is 0.508 e. The monoisotopic (exact) mass is 371 g/mol. The number of carbonyl (C=O) groups excluding carboxylic acids is 1. The molecule has 0 fully saturated rings. The van der Waals surface area contributed by atoms with E-state index >= 15 is 0 Å². The Morgan fingerprint density at radius 1 is 1.22 bits per heavy atom. The van der Waals surface area contributed by atoms with Gasteiger partial charge in [0.15, 0.2) is 0 Å². The summed E-state index contributed by atoms with van der Waals surface area (Å²) in [7, 11) is 4.13. The maximum absolute atomic E-state index is 12.3. The summed E-state index contributed by atoms with van der Waals surface area (Å²) in [6, 6.07) is 7.11. The smallest absolute Gasteiger partial charge is 0.251 e. The maximum Gasteiger partial charge on any atom is 0.251 e. The number of rotatable bonds is 10. The van der Waals surface area contributed by atoms with Crippen LogP contribution in [0, 0.1) is 6.92 Å². The number of nitrogens with zero attached hydrogens (tertiary/aromatic N) is 2. The van der Waals surface area contributed by atoms with Gasteiger partial charge in [-0.2, -0.15) is 0 Å². The highest BCUT2D eigenvalue weighted by atomic mass is 16.3. The Labute approximate surface area is 162 Å². The number of hydrogen-bond acceptors (Lipinski definition) is 3. The lowest BCUT2D eigenvalue weighted by molar-refractivity contribution is 0.1000. The number of hydrogen-bond donors (Lipinski definition) is 2. The Hall–Kier alpha value is -2.27. The Kier molecular flexibility index (Phi) is 7.48. The lowest BCUT2D eigenvalue weighted by Gasteiger charge is -2.15. The van der Waals surface area contributed by atoms with Gasteiger partial charge in [-0.15, -0.1) is 0 Å². The molecule has 0 aliphatic carbocycles. The summed E-state index contributed by atoms with van der Waals surface area (Å²) < 4.78 is 2.26. The van der Waals surface area contributed by atoms with Gasteiger partial charge in [-0.05, 0) is 64.5 Å². The molecule has 0 spiro atoms. The molecule has 1 amide bonds. The number of phenols is 1. The van der Waals surface area contributed by atoms with Gasteiger partial charge in [-0.3, -0.25) is 4.79 Å². The van der Waals surface area contributed by atoms with Crippen LogP contribution in [0.15, 0.2) is 24.3 Å². The lowest BCUT2D eigenvalue weighted by Crippen LogP contribution is -2.17. The Balaban J connectivity index is 2.57. The number of amides is 1. The zero-order chi connectivity index (χ0) is 20.0. The summed E-state index contributed by atoms with van der Waals surface area (Å²) in [6.45, 7) is 6.00. The molecule has 2 rings (SSSR count). The zero-order valence-corrected chi connectivity index (χ0v) is 17.1. The standard InChI is InChI=1S/C22H33N3O2/c1-5-6-7-12-19-21(17-10-8-11-18(26)15-17)20(22(23)27)16(2)25(19)14-9-13-24(3)4/h8,10-11,15,26H,5-7,9,12-14H2,1-4H3,(H2,23,27). The summed E-state index contributed by atoms with van der Waals surface area (Å²) in [5.41, 5.74) is 10.2. The number of carbonyl (C=O) groups is 1. The van der Waals surface area contributed by atoms with Gasteiger partial charge in [0, 0.05) is 23.5 Å². The Morgan fingerprint density at radius 2 is 1.96 bits per heavy atom. The van der Waals surface area contributed by atoms with Crippen molar-refractivity contribution in [2.45, 2.75) is 52.5 Å². The molecule has 0 bridgehead atoms. The highest BCUT2D eigenvalue weighted by Gasteiger charge is 2.24. The van der Waals surface area contributed by atoms with Crippen LogP contribution in [0.4, 0.5) is 0 Å². The van der Waals surface area contributed by atoms with Crippen LogP contribution in [0.5, 0.6) is 5.75 Å². The topological polar surface area (TPSA) is 71.5 Å². The van der Waals surface area contributed by atoms with Gasteiger partial charge in [-0.25, -0.2) is 0 Å². The second-order valence-corrected chi connectivity index (χ2v) is 7.46. The SMILES string of the molecule is CCCCCc1c(-c2cccc(O)c2)c(C(N)=O)c(C)n1CCCN(C)C. The first-order chi connectivity index (χ1) is 12.9. The Bertz CT molecular complexity index is 778. The first kappa shape index (κ1) is 21.0. The zero-order valence-electron chi connectivity index (χ0n) is 17.1. The average molecular weight is 372 g/mol. The van der Waals surface area contributed by atoms with Gasteiger partial charge >= 0.3 is 0 Å². The van der Waals surface area contributed by atoms with E-state index in [0.717, 1.165) is 67.7 Å². The second kappa shape index (κ2) is 9.60. The average Bonchev–Trinajstić information content (AvgIpc) is 2.87. The van der Waals surface area contributed by atoms with E-state index < -0.39 is 5.91 Å². The molecule has 1 aromatic carbocycles. The van der Waals surface area contributed by atoms with E-state index in [1.165, 1.54) is 0 Å². The van der Waals surface area contributed by atoms with Crippen molar-refractivity contribution in [1.29, 1.82) is 0 Å². The fraction of sp³-hybridized carbons (Fsp3) is 0.500. The lowest BCUT2D eigenvalue weighted by atomic mass is 9.97. The van der Waals surface area contributed by atoms with E-state index in [9.17, 15) is 9.90 Å². The molecule has 0 saturated carbocycles. The minimum absolute atomic E-state index is 0.195. The molecule has 1 aromatic heterocycles. The van der Waals surface area contributed by atoms with Gasteiger partial charge in [-0.1, -0.05) is 31.9 Å². The van der Waals surface area contributed by atoms with Crippen LogP contribution in [-0.4, -0.2) is 41.1 Å². The van der Waals surface area contributed by atoms with Crippen molar-refractivity contribution in [3.05, 3.63) is 41.2 Å². The van der Waals surface area contributed by atoms with Gasteiger partial charge in [0.05, 0.1) is 5.56 Å². The van der Waals surface area contributed by atoms with Gasteiger partial charge < -0.3 is 20.3 Å². The maximum atomic E-state index is 12.3. The summed E-state index contributed by atoms with van der Waals surface area (Å²) in [6.07, 6.45) is 5.26. The second-order valence-electron chi connectivity index (χ2n) is 7.46. The Morgan fingerprint density at radius 3 is 2.56 bits per heavy atom. The molecule has 148 valence electrons. The summed E-state index contributed by atoms with van der Waals surface area (Å²) in [4.78, 5) is 14.5. The molecule has 27 heavy (non-hydrogen) atoms. The fourth-order valence-corrected chi connectivity index (χ4v) is 3.72. The molecule has 0 saturated heterocycles. The third kappa shape index (κ3) is 5.13. The van der Waals surface area contributed by atoms with E-state index in [1.54, 1.807) is 12.1 Å². The van der Waals surface area contributed by atoms with Gasteiger partial charge in [0.25, 0.3) is 5.91 Å². The summed E-state index contributed by atoms with van der Waals surface area (Å²) in [5.74, 6) is -0.214. The van der Waals surface area contributed by atoms with Crippen LogP contribution in [0.25, 0.3) is 11.1 Å². The van der Waals surface area contributed by atoms with Crippen molar-refractivity contribution >= 4 is 5.91 Å². The first-order valence-electron chi connectivity index (χ1n) is 9.82. The van der Waals surface area contributed by atoms with Gasteiger partial charge in [0.1, 0.15) is 5.75 Å². The minimum atomic E-state index is -0.408. The number of nitrogens with two attached hydrogens (primary N) is 1. The molecular formula is C22H33N3O2. The predicted octanol–water partition coefficient (Wildman–Crippen LogP) is 3.95. The van der Waals surface area contributed by atoms with Crippen molar-refractivity contribution in [2.24, 2.45) is 5.73 Å². The highest BCUT2D eigenvalue weighted by molar-refractivity contribution is 6.02. The van der Waals surface area contributed by atoms with Crippen LogP contribution < -0.4 is 5.73 Å². The summed E-state index contributed by atoms with van der Waals surface area (Å²) >= 11 is 0. The number of primary amides is 1. The van der Waals surface area contributed by atoms with Crippen LogP contribution in [0.3, 0.4) is 0 Å². The molecule has 0 atom stereocenters. The molecule has 0 radical (unpaired) electrons. The van der Waals surface area contributed by atoms with Crippen LogP contribution in [-0.2, 0) is 13.0 Å². The summed E-state index contributed by atoms with van der Waals surface area (Å²) in [5, 5.41) is 9.96. The molecule has 5 heteroatoms. The van der Waals surface area contributed by atoms with E-state index in [-0.39, 0.29) is 5.75 Å². The van der Waals surface area contributed by atoms with Crippen LogP contribution in [0.2, 0.25) is 0 Å². The van der Waals surface area contributed by atoms with Crippen molar-refractivity contribution in [2.75, 3.05) is 20.6 Å². The molecule has 5 nitrogen and oxygen atoms in total. The van der Waals surface area contributed by atoms with Crippen molar-refractivity contribution in [3.8, 4) is 16.9 Å². The molecule has 0 unspecified atom stereocenters. The number of aromatic nitrogens is 1. The quantitative estimate of drug-likeness (QED) is 0.621. The van der Waals surface area contributed by atoms with Crippen molar-refractivity contribution in [1.82, 2.24) is 9.47 Å². The molecule has 1 heterocycles. The number of benzene rings is 1. The third-order valence-electron chi connectivity index (χ3n) is 5.02. The molecule has 0 aliphatic rings. The number of unbranched alkanes of at least 4 members (excludes halogenated alkanes) is 2. The van der Waals surface area contributed by atoms with Crippen LogP contribution >= 0.6 is 0 Å². The van der Waals surface area contributed by atoms with Crippen LogP contribution in [0.1, 0.15) is 54.4 Å². The molecule has 2 aromatic rings. The molecule has 3 N–H and O–H groups in total. The van der Waals surface area contributed by atoms with E-state index in [1.807, 2.05) is 19.1 Å². The number of phenolic OH excluding ortho intramolecular Hbond substituents is 1. The van der Waals surface area contributed by atoms with E-state index in [0.29, 0.717) is 5.56 Å². The molecular weight excluding hydrogens is 338 g/mol. The first-order valence-corrected chi connectivity index (χ1v) is 9.82. The number of aromatic hydroxyl groups is 1. The molecule has 0 aliphatic heterocycles. The van der Waals surface area contributed by atoms with Crippen molar-refractivity contribution < 1.29 is 9.90 Å². The van der Waals surface area contributed by atoms with Gasteiger partial charge in [0.2, 0.25) is 0 Å². The van der Waals surface area contributed by atoms with E-state index in [2.05, 4.69) is 30.5 Å².